The lowest BCUT2D eigenvalue weighted by Crippen LogP contribution is -2.52. The second-order valence-corrected chi connectivity index (χ2v) is 6.08. The van der Waals surface area contributed by atoms with E-state index in [1.807, 2.05) is 11.8 Å². The van der Waals surface area contributed by atoms with E-state index in [0.717, 1.165) is 13.1 Å². The van der Waals surface area contributed by atoms with Gasteiger partial charge in [-0.25, -0.2) is 0 Å². The highest BCUT2D eigenvalue weighted by molar-refractivity contribution is 7.20. The zero-order valence-corrected chi connectivity index (χ0v) is 11.1. The summed E-state index contributed by atoms with van der Waals surface area (Å²) in [5.41, 5.74) is 0.519. The number of halogens is 2. The molecule has 1 aliphatic heterocycles. The summed E-state index contributed by atoms with van der Waals surface area (Å²) in [6, 6.07) is 1.84. The molecule has 16 heavy (non-hydrogen) atoms. The maximum absolute atomic E-state index is 12.2. The van der Waals surface area contributed by atoms with Crippen molar-refractivity contribution < 1.29 is 4.79 Å². The van der Waals surface area contributed by atoms with Gasteiger partial charge in [0.2, 0.25) is 0 Å². The van der Waals surface area contributed by atoms with Crippen LogP contribution in [0.1, 0.15) is 17.3 Å². The molecule has 0 bridgehead atoms. The number of hydrogen-bond donors (Lipinski definition) is 1. The molecule has 0 radical (unpaired) electrons. The number of rotatable bonds is 1. The number of nitrogens with one attached hydrogen (secondary N) is 1. The molecular weight excluding hydrogens is 267 g/mol. The summed E-state index contributed by atoms with van der Waals surface area (Å²) in [6.07, 6.45) is 0. The van der Waals surface area contributed by atoms with Gasteiger partial charge in [-0.05, 0) is 13.0 Å². The maximum Gasteiger partial charge on any atom is 0.256 e. The molecule has 1 aliphatic rings. The summed E-state index contributed by atoms with van der Waals surface area (Å²) in [6.45, 7) is 4.38. The van der Waals surface area contributed by atoms with Crippen molar-refractivity contribution in [2.45, 2.75) is 13.0 Å². The Labute approximate surface area is 108 Å². The van der Waals surface area contributed by atoms with E-state index in [9.17, 15) is 4.79 Å². The number of carbonyl (C=O) groups excluding carboxylic acids is 1. The number of hydrogen-bond acceptors (Lipinski definition) is 3. The Balaban J connectivity index is 2.21. The summed E-state index contributed by atoms with van der Waals surface area (Å²) in [4.78, 5) is 14.0. The van der Waals surface area contributed by atoms with Crippen molar-refractivity contribution >= 4 is 40.4 Å². The zero-order chi connectivity index (χ0) is 11.7. The highest BCUT2D eigenvalue weighted by Gasteiger charge is 2.26. The van der Waals surface area contributed by atoms with E-state index in [2.05, 4.69) is 5.32 Å². The van der Waals surface area contributed by atoms with E-state index < -0.39 is 0 Å². The molecule has 1 fully saturated rings. The van der Waals surface area contributed by atoms with E-state index in [0.29, 0.717) is 20.8 Å². The standard InChI is InChI=1S/C10H12Cl2N2OS/c1-6-5-13-2-3-14(6)10(15)7-4-8(11)16-9(7)12/h4,6,13H,2-3,5H2,1H3/t6-/m0/s1. The third-order valence-electron chi connectivity index (χ3n) is 2.65. The molecule has 1 aromatic rings. The molecule has 0 spiro atoms. The molecular formula is C10H12Cl2N2OS. The van der Waals surface area contributed by atoms with Crippen LogP contribution in [0.3, 0.4) is 0 Å². The topological polar surface area (TPSA) is 32.3 Å². The summed E-state index contributed by atoms with van der Waals surface area (Å²) < 4.78 is 1.02. The quantitative estimate of drug-likeness (QED) is 0.856. The Morgan fingerprint density at radius 2 is 2.38 bits per heavy atom. The average molecular weight is 279 g/mol. The minimum absolute atomic E-state index is 0.0258. The number of amides is 1. The van der Waals surface area contributed by atoms with Crippen molar-refractivity contribution in [2.24, 2.45) is 0 Å². The molecule has 1 atom stereocenters. The largest absolute Gasteiger partial charge is 0.333 e. The second kappa shape index (κ2) is 4.92. The van der Waals surface area contributed by atoms with E-state index in [4.69, 9.17) is 23.2 Å². The van der Waals surface area contributed by atoms with Gasteiger partial charge in [-0.3, -0.25) is 4.79 Å². The lowest BCUT2D eigenvalue weighted by Gasteiger charge is -2.33. The molecule has 0 unspecified atom stereocenters. The molecule has 88 valence electrons. The molecule has 1 aromatic heterocycles. The number of thiophene rings is 1. The molecule has 3 nitrogen and oxygen atoms in total. The summed E-state index contributed by atoms with van der Waals surface area (Å²) in [5, 5.41) is 3.24. The van der Waals surface area contributed by atoms with Crippen LogP contribution in [0.15, 0.2) is 6.07 Å². The third-order valence-corrected chi connectivity index (χ3v) is 4.14. The van der Waals surface area contributed by atoms with Crippen LogP contribution in [0.25, 0.3) is 0 Å². The predicted octanol–water partition coefficient (Wildman–Crippen LogP) is 2.49. The van der Waals surface area contributed by atoms with Crippen LogP contribution < -0.4 is 5.32 Å². The predicted molar refractivity (Wildman–Crippen MR) is 67.7 cm³/mol. The fourth-order valence-corrected chi connectivity index (χ4v) is 3.23. The van der Waals surface area contributed by atoms with Crippen molar-refractivity contribution in [2.75, 3.05) is 19.6 Å². The fraction of sp³-hybridized carbons (Fsp3) is 0.500. The molecule has 2 heterocycles. The highest BCUT2D eigenvalue weighted by Crippen LogP contribution is 2.32. The summed E-state index contributed by atoms with van der Waals surface area (Å²) >= 11 is 13.0. The van der Waals surface area contributed by atoms with Gasteiger partial charge < -0.3 is 10.2 Å². The first-order chi connectivity index (χ1) is 7.59. The zero-order valence-electron chi connectivity index (χ0n) is 8.80. The molecule has 6 heteroatoms. The normalized spacial score (nSPS) is 21.2. The van der Waals surface area contributed by atoms with Gasteiger partial charge in [-0.15, -0.1) is 11.3 Å². The smallest absolute Gasteiger partial charge is 0.256 e. The van der Waals surface area contributed by atoms with Crippen molar-refractivity contribution in [1.82, 2.24) is 10.2 Å². The van der Waals surface area contributed by atoms with Gasteiger partial charge in [-0.1, -0.05) is 23.2 Å². The monoisotopic (exact) mass is 278 g/mol. The van der Waals surface area contributed by atoms with Gasteiger partial charge >= 0.3 is 0 Å². The van der Waals surface area contributed by atoms with E-state index in [1.54, 1.807) is 6.07 Å². The van der Waals surface area contributed by atoms with Crippen LogP contribution in [0.4, 0.5) is 0 Å². The second-order valence-electron chi connectivity index (χ2n) is 3.79. The molecule has 0 aromatic carbocycles. The Morgan fingerprint density at radius 1 is 1.62 bits per heavy atom. The Morgan fingerprint density at radius 3 is 2.94 bits per heavy atom. The molecule has 0 aliphatic carbocycles. The summed E-state index contributed by atoms with van der Waals surface area (Å²) in [5.74, 6) is -0.0258. The van der Waals surface area contributed by atoms with Gasteiger partial charge in [0.25, 0.3) is 5.91 Å². The Kier molecular flexibility index (Phi) is 3.74. The van der Waals surface area contributed by atoms with Gasteiger partial charge in [-0.2, -0.15) is 0 Å². The highest BCUT2D eigenvalue weighted by atomic mass is 35.5. The number of piperazine rings is 1. The Bertz CT molecular complexity index is 408. The van der Waals surface area contributed by atoms with Crippen molar-refractivity contribution in [3.8, 4) is 0 Å². The lowest BCUT2D eigenvalue weighted by atomic mass is 10.2. The lowest BCUT2D eigenvalue weighted by molar-refractivity contribution is 0.0656. The SMILES string of the molecule is C[C@H]1CNCCN1C(=O)c1cc(Cl)sc1Cl. The molecule has 1 amide bonds. The van der Waals surface area contributed by atoms with Crippen molar-refractivity contribution in [1.29, 1.82) is 0 Å². The van der Waals surface area contributed by atoms with Crippen molar-refractivity contribution in [3.63, 3.8) is 0 Å². The average Bonchev–Trinajstić information content (AvgIpc) is 2.58. The molecule has 2 rings (SSSR count). The first-order valence-electron chi connectivity index (χ1n) is 5.06. The van der Waals surface area contributed by atoms with Gasteiger partial charge in [0.1, 0.15) is 4.34 Å². The molecule has 1 N–H and O–H groups in total. The van der Waals surface area contributed by atoms with Crippen LogP contribution in [0.2, 0.25) is 8.67 Å². The number of carbonyl (C=O) groups is 1. The van der Waals surface area contributed by atoms with Gasteiger partial charge in [0.05, 0.1) is 9.90 Å². The molecule has 0 saturated carbocycles. The van der Waals surface area contributed by atoms with Gasteiger partial charge in [0, 0.05) is 25.7 Å². The minimum atomic E-state index is -0.0258. The van der Waals surface area contributed by atoms with Crippen molar-refractivity contribution in [3.05, 3.63) is 20.3 Å². The van der Waals surface area contributed by atoms with E-state index in [-0.39, 0.29) is 11.9 Å². The van der Waals surface area contributed by atoms with E-state index in [1.165, 1.54) is 11.3 Å². The van der Waals surface area contributed by atoms with E-state index >= 15 is 0 Å². The van der Waals surface area contributed by atoms with Gasteiger partial charge in [0.15, 0.2) is 0 Å². The maximum atomic E-state index is 12.2. The van der Waals surface area contributed by atoms with Crippen LogP contribution >= 0.6 is 34.5 Å². The minimum Gasteiger partial charge on any atom is -0.333 e. The van der Waals surface area contributed by atoms with Crippen LogP contribution in [0, 0.1) is 0 Å². The molecule has 1 saturated heterocycles. The van der Waals surface area contributed by atoms with Crippen LogP contribution in [-0.2, 0) is 0 Å². The summed E-state index contributed by atoms with van der Waals surface area (Å²) in [7, 11) is 0. The van der Waals surface area contributed by atoms with Crippen LogP contribution in [0.5, 0.6) is 0 Å². The number of nitrogens with zero attached hydrogens (tertiary/aromatic N) is 1. The first kappa shape index (κ1) is 12.2. The fourth-order valence-electron chi connectivity index (χ4n) is 1.78. The third kappa shape index (κ3) is 2.35. The van der Waals surface area contributed by atoms with Crippen LogP contribution in [-0.4, -0.2) is 36.5 Å². The first-order valence-corrected chi connectivity index (χ1v) is 6.63. The Hall–Kier alpha value is -0.290.